The Labute approximate surface area is 86.3 Å². The molecule has 1 aromatic carbocycles. The molecule has 0 aliphatic rings. The maximum Gasteiger partial charge on any atom is 0.332 e. The molecule has 1 N–H and O–H groups in total. The lowest BCUT2D eigenvalue weighted by atomic mass is 10.3. The normalized spacial score (nSPS) is 11.1. The fraction of sp³-hybridized carbons (Fsp3) is 0.250. The van der Waals surface area contributed by atoms with E-state index < -0.39 is 15.1 Å². The number of phenolic OH excluding ortho intramolecular Hbond substituents is 1. The van der Waals surface area contributed by atoms with Crippen LogP contribution in [0.25, 0.3) is 0 Å². The first kappa shape index (κ1) is 11.6. The minimum absolute atomic E-state index is 0.175. The van der Waals surface area contributed by atoms with Crippen LogP contribution >= 0.6 is 0 Å². The van der Waals surface area contributed by atoms with Crippen molar-refractivity contribution in [3.05, 3.63) is 12.1 Å². The van der Waals surface area contributed by atoms with E-state index in [9.17, 15) is 17.4 Å². The fourth-order valence-corrected chi connectivity index (χ4v) is 1.51. The summed E-state index contributed by atoms with van der Waals surface area (Å²) in [5, 5.41) is 9.41. The monoisotopic (exact) mass is 236 g/mol. The molecule has 0 fully saturated rings. The standard InChI is InChI=1S/C8H9FO5S/c1-13-6-3-5(15(9,11)12)4-7(14-2)8(6)10/h3-4,10H,1-2H3. The summed E-state index contributed by atoms with van der Waals surface area (Å²) in [6.07, 6.45) is 0. The molecule has 0 atom stereocenters. The van der Waals surface area contributed by atoms with Crippen LogP contribution in [-0.2, 0) is 10.2 Å². The van der Waals surface area contributed by atoms with Crippen molar-refractivity contribution in [3.63, 3.8) is 0 Å². The van der Waals surface area contributed by atoms with Gasteiger partial charge in [0.05, 0.1) is 14.2 Å². The Morgan fingerprint density at radius 3 is 1.87 bits per heavy atom. The second kappa shape index (κ2) is 3.93. The number of aromatic hydroxyl groups is 1. The van der Waals surface area contributed by atoms with E-state index in [1.54, 1.807) is 0 Å². The Balaban J connectivity index is 3.47. The third kappa shape index (κ3) is 2.30. The van der Waals surface area contributed by atoms with Crippen molar-refractivity contribution in [1.29, 1.82) is 0 Å². The Hall–Kier alpha value is -1.50. The molecule has 15 heavy (non-hydrogen) atoms. The number of rotatable bonds is 3. The van der Waals surface area contributed by atoms with Gasteiger partial charge in [0.15, 0.2) is 11.5 Å². The minimum Gasteiger partial charge on any atom is -0.502 e. The van der Waals surface area contributed by atoms with Crippen LogP contribution in [-0.4, -0.2) is 27.7 Å². The van der Waals surface area contributed by atoms with Crippen molar-refractivity contribution >= 4 is 10.2 Å². The van der Waals surface area contributed by atoms with E-state index in [0.717, 1.165) is 12.1 Å². The maximum absolute atomic E-state index is 12.7. The summed E-state index contributed by atoms with van der Waals surface area (Å²) >= 11 is 0. The molecule has 0 heterocycles. The lowest BCUT2D eigenvalue weighted by Crippen LogP contribution is -1.96. The van der Waals surface area contributed by atoms with Crippen molar-refractivity contribution in [3.8, 4) is 17.2 Å². The molecule has 0 bridgehead atoms. The van der Waals surface area contributed by atoms with E-state index in [2.05, 4.69) is 9.47 Å². The number of hydrogen-bond donors (Lipinski definition) is 1. The molecule has 0 unspecified atom stereocenters. The molecule has 0 aromatic heterocycles. The molecule has 0 radical (unpaired) electrons. The number of benzene rings is 1. The molecule has 1 rings (SSSR count). The number of methoxy groups -OCH3 is 2. The van der Waals surface area contributed by atoms with Gasteiger partial charge < -0.3 is 14.6 Å². The first-order valence-corrected chi connectivity index (χ1v) is 5.18. The molecule has 5 nitrogen and oxygen atoms in total. The van der Waals surface area contributed by atoms with Crippen LogP contribution in [0.3, 0.4) is 0 Å². The second-order valence-electron chi connectivity index (χ2n) is 2.61. The molecule has 84 valence electrons. The van der Waals surface area contributed by atoms with Gasteiger partial charge in [-0.05, 0) is 0 Å². The molecule has 0 aliphatic carbocycles. The van der Waals surface area contributed by atoms with Crippen molar-refractivity contribution in [2.75, 3.05) is 14.2 Å². The van der Waals surface area contributed by atoms with E-state index >= 15 is 0 Å². The van der Waals surface area contributed by atoms with Crippen LogP contribution in [0.2, 0.25) is 0 Å². The number of ether oxygens (including phenoxy) is 2. The van der Waals surface area contributed by atoms with E-state index in [4.69, 9.17) is 0 Å². The highest BCUT2D eigenvalue weighted by molar-refractivity contribution is 7.86. The molecule has 0 amide bonds. The third-order valence-corrected chi connectivity index (χ3v) is 2.53. The Morgan fingerprint density at radius 2 is 1.60 bits per heavy atom. The molecular weight excluding hydrogens is 227 g/mol. The topological polar surface area (TPSA) is 72.8 Å². The Morgan fingerprint density at radius 1 is 1.20 bits per heavy atom. The van der Waals surface area contributed by atoms with Crippen LogP contribution in [0.1, 0.15) is 0 Å². The largest absolute Gasteiger partial charge is 0.502 e. The van der Waals surface area contributed by atoms with Gasteiger partial charge in [0, 0.05) is 12.1 Å². The van der Waals surface area contributed by atoms with E-state index in [0.29, 0.717) is 0 Å². The number of phenols is 1. The predicted molar refractivity (Wildman–Crippen MR) is 49.5 cm³/mol. The number of halogens is 1. The van der Waals surface area contributed by atoms with Gasteiger partial charge in [-0.25, -0.2) is 0 Å². The summed E-state index contributed by atoms with van der Waals surface area (Å²) in [4.78, 5) is -0.631. The summed E-state index contributed by atoms with van der Waals surface area (Å²) in [6.45, 7) is 0. The van der Waals surface area contributed by atoms with Gasteiger partial charge in [0.2, 0.25) is 5.75 Å². The lowest BCUT2D eigenvalue weighted by Gasteiger charge is -2.08. The average Bonchev–Trinajstić information content (AvgIpc) is 2.16. The summed E-state index contributed by atoms with van der Waals surface area (Å²) in [5.74, 6) is -0.733. The predicted octanol–water partition coefficient (Wildman–Crippen LogP) is 1.07. The van der Waals surface area contributed by atoms with Crippen LogP contribution in [0.4, 0.5) is 3.89 Å². The average molecular weight is 236 g/mol. The zero-order valence-electron chi connectivity index (χ0n) is 8.02. The molecule has 0 saturated heterocycles. The van der Waals surface area contributed by atoms with Crippen molar-refractivity contribution < 1.29 is 26.9 Å². The first-order valence-electron chi connectivity index (χ1n) is 3.79. The van der Waals surface area contributed by atoms with Gasteiger partial charge in [0.25, 0.3) is 0 Å². The minimum atomic E-state index is -4.86. The molecule has 0 aliphatic heterocycles. The molecule has 0 saturated carbocycles. The van der Waals surface area contributed by atoms with Gasteiger partial charge in [-0.15, -0.1) is 3.89 Å². The van der Waals surface area contributed by atoms with Crippen LogP contribution in [0.5, 0.6) is 17.2 Å². The summed E-state index contributed by atoms with van der Waals surface area (Å²) in [7, 11) is -2.43. The zero-order chi connectivity index (χ0) is 11.6. The van der Waals surface area contributed by atoms with Gasteiger partial charge >= 0.3 is 10.2 Å². The van der Waals surface area contributed by atoms with Gasteiger partial charge in [0.1, 0.15) is 4.90 Å². The molecule has 1 aromatic rings. The van der Waals surface area contributed by atoms with E-state index in [-0.39, 0.29) is 17.2 Å². The highest BCUT2D eigenvalue weighted by Crippen LogP contribution is 2.38. The highest BCUT2D eigenvalue weighted by Gasteiger charge is 2.19. The lowest BCUT2D eigenvalue weighted by molar-refractivity contribution is 0.338. The maximum atomic E-state index is 12.7. The molecule has 0 spiro atoms. The first-order chi connectivity index (χ1) is 6.90. The van der Waals surface area contributed by atoms with Crippen molar-refractivity contribution in [1.82, 2.24) is 0 Å². The Kier molecular flexibility index (Phi) is 3.04. The molecule has 7 heteroatoms. The fourth-order valence-electron chi connectivity index (χ4n) is 1.01. The quantitative estimate of drug-likeness (QED) is 0.794. The van der Waals surface area contributed by atoms with Crippen molar-refractivity contribution in [2.45, 2.75) is 4.90 Å². The summed E-state index contributed by atoms with van der Waals surface area (Å²) in [6, 6.07) is 1.74. The molecular formula is C8H9FO5S. The smallest absolute Gasteiger partial charge is 0.332 e. The van der Waals surface area contributed by atoms with Gasteiger partial charge in [-0.3, -0.25) is 0 Å². The van der Waals surface area contributed by atoms with Crippen molar-refractivity contribution in [2.24, 2.45) is 0 Å². The van der Waals surface area contributed by atoms with E-state index in [1.807, 2.05) is 0 Å². The van der Waals surface area contributed by atoms with E-state index in [1.165, 1.54) is 14.2 Å². The summed E-state index contributed by atoms with van der Waals surface area (Å²) < 4.78 is 43.2. The number of hydrogen-bond acceptors (Lipinski definition) is 5. The van der Waals surface area contributed by atoms with Gasteiger partial charge in [-0.2, -0.15) is 8.42 Å². The van der Waals surface area contributed by atoms with Crippen LogP contribution in [0.15, 0.2) is 17.0 Å². The second-order valence-corrected chi connectivity index (χ2v) is 3.96. The van der Waals surface area contributed by atoms with Crippen LogP contribution < -0.4 is 9.47 Å². The third-order valence-electron chi connectivity index (χ3n) is 1.73. The van der Waals surface area contributed by atoms with Crippen LogP contribution in [0, 0.1) is 0 Å². The SMILES string of the molecule is COc1cc(S(=O)(=O)F)cc(OC)c1O. The van der Waals surface area contributed by atoms with Gasteiger partial charge in [-0.1, -0.05) is 0 Å². The zero-order valence-corrected chi connectivity index (χ0v) is 8.84. The summed E-state index contributed by atoms with van der Waals surface area (Å²) in [5.41, 5.74) is 0. The highest BCUT2D eigenvalue weighted by atomic mass is 32.3. The Bertz CT molecular complexity index is 443.